The molecular formula is C17H12ClN7. The average molecular weight is 350 g/mol. The predicted molar refractivity (Wildman–Crippen MR) is 95.0 cm³/mol. The van der Waals surface area contributed by atoms with E-state index in [-0.39, 0.29) is 5.95 Å². The Labute approximate surface area is 148 Å². The molecule has 2 aromatic carbocycles. The van der Waals surface area contributed by atoms with Gasteiger partial charge in [-0.1, -0.05) is 41.9 Å². The Morgan fingerprint density at radius 1 is 0.960 bits per heavy atom. The summed E-state index contributed by atoms with van der Waals surface area (Å²) in [7, 11) is 0. The van der Waals surface area contributed by atoms with Crippen molar-refractivity contribution in [2.24, 2.45) is 0 Å². The predicted octanol–water partition coefficient (Wildman–Crippen LogP) is 3.02. The minimum atomic E-state index is 0.174. The molecule has 25 heavy (non-hydrogen) atoms. The summed E-state index contributed by atoms with van der Waals surface area (Å²) in [6, 6.07) is 16.9. The Balaban J connectivity index is 1.91. The van der Waals surface area contributed by atoms with Gasteiger partial charge in [0.15, 0.2) is 5.82 Å². The lowest BCUT2D eigenvalue weighted by Gasteiger charge is -2.09. The highest BCUT2D eigenvalue weighted by molar-refractivity contribution is 6.30. The van der Waals surface area contributed by atoms with E-state index in [4.69, 9.17) is 17.3 Å². The number of tetrazole rings is 1. The number of aromatic nitrogens is 6. The first-order valence-electron chi connectivity index (χ1n) is 7.45. The van der Waals surface area contributed by atoms with Gasteiger partial charge in [0.05, 0.1) is 16.9 Å². The van der Waals surface area contributed by atoms with Gasteiger partial charge < -0.3 is 5.73 Å². The third kappa shape index (κ3) is 2.92. The lowest BCUT2D eigenvalue weighted by atomic mass is 10.1. The highest BCUT2D eigenvalue weighted by Gasteiger charge is 2.18. The average Bonchev–Trinajstić information content (AvgIpc) is 3.12. The molecule has 122 valence electrons. The van der Waals surface area contributed by atoms with Crippen LogP contribution in [0.5, 0.6) is 0 Å². The molecule has 0 aliphatic rings. The molecule has 0 atom stereocenters. The molecule has 0 saturated carbocycles. The van der Waals surface area contributed by atoms with Crippen LogP contribution in [0.2, 0.25) is 5.02 Å². The molecule has 7 nitrogen and oxygen atoms in total. The van der Waals surface area contributed by atoms with Gasteiger partial charge in [-0.05, 0) is 34.7 Å². The molecule has 2 N–H and O–H groups in total. The maximum atomic E-state index is 5.98. The molecule has 0 radical (unpaired) electrons. The minimum Gasteiger partial charge on any atom is -0.368 e. The lowest BCUT2D eigenvalue weighted by molar-refractivity contribution is 0.791. The number of nitrogen functional groups attached to an aromatic ring is 1. The molecule has 4 aromatic rings. The van der Waals surface area contributed by atoms with E-state index < -0.39 is 0 Å². The minimum absolute atomic E-state index is 0.174. The number of nitrogens with zero attached hydrogens (tertiary/aromatic N) is 6. The second-order valence-corrected chi connectivity index (χ2v) is 5.68. The van der Waals surface area contributed by atoms with Gasteiger partial charge in [0.2, 0.25) is 5.95 Å². The second-order valence-electron chi connectivity index (χ2n) is 5.25. The Bertz CT molecular complexity index is 1010. The summed E-state index contributed by atoms with van der Waals surface area (Å²) in [6.45, 7) is 0. The first-order chi connectivity index (χ1) is 12.2. The topological polar surface area (TPSA) is 95.4 Å². The van der Waals surface area contributed by atoms with Gasteiger partial charge in [-0.15, -0.1) is 5.10 Å². The summed E-state index contributed by atoms with van der Waals surface area (Å²) in [6.07, 6.45) is 1.62. The summed E-state index contributed by atoms with van der Waals surface area (Å²) in [5, 5.41) is 12.7. The summed E-state index contributed by atoms with van der Waals surface area (Å²) in [5.74, 6) is 0.698. The van der Waals surface area contributed by atoms with Crippen LogP contribution >= 0.6 is 11.6 Å². The highest BCUT2D eigenvalue weighted by atomic mass is 35.5. The van der Waals surface area contributed by atoms with E-state index in [0.717, 1.165) is 11.3 Å². The van der Waals surface area contributed by atoms with E-state index in [1.807, 2.05) is 42.5 Å². The molecule has 0 spiro atoms. The third-order valence-corrected chi connectivity index (χ3v) is 3.89. The number of hydrogen-bond donors (Lipinski definition) is 1. The van der Waals surface area contributed by atoms with E-state index in [2.05, 4.69) is 25.5 Å². The molecule has 0 amide bonds. The Morgan fingerprint density at radius 2 is 1.72 bits per heavy atom. The standard InChI is InChI=1S/C17H12ClN7/c18-12-8-6-11(7-9-12)15-14(10-20-17(19)21-15)16-22-23-24-25(16)13-4-2-1-3-5-13/h1-10H,(H2,19,20,21). The Hall–Kier alpha value is -3.32. The largest absolute Gasteiger partial charge is 0.368 e. The molecule has 4 rings (SSSR count). The zero-order valence-corrected chi connectivity index (χ0v) is 13.7. The molecule has 0 bridgehead atoms. The van der Waals surface area contributed by atoms with Crippen LogP contribution in [0.1, 0.15) is 0 Å². The van der Waals surface area contributed by atoms with Gasteiger partial charge in [0.25, 0.3) is 0 Å². The first kappa shape index (κ1) is 15.2. The molecule has 0 fully saturated rings. The smallest absolute Gasteiger partial charge is 0.220 e. The Kier molecular flexibility index (Phi) is 3.83. The van der Waals surface area contributed by atoms with Crippen molar-refractivity contribution in [2.45, 2.75) is 0 Å². The fraction of sp³-hybridized carbons (Fsp3) is 0. The quantitative estimate of drug-likeness (QED) is 0.610. The number of hydrogen-bond acceptors (Lipinski definition) is 6. The molecule has 2 heterocycles. The molecule has 0 aliphatic carbocycles. The van der Waals surface area contributed by atoms with Crippen molar-refractivity contribution in [3.05, 3.63) is 65.8 Å². The van der Waals surface area contributed by atoms with Crippen molar-refractivity contribution in [3.63, 3.8) is 0 Å². The number of rotatable bonds is 3. The number of para-hydroxylation sites is 1. The lowest BCUT2D eigenvalue weighted by Crippen LogP contribution is -2.04. The van der Waals surface area contributed by atoms with Crippen LogP contribution < -0.4 is 5.73 Å². The molecule has 0 aliphatic heterocycles. The molecule has 8 heteroatoms. The number of anilines is 1. The van der Waals surface area contributed by atoms with E-state index in [0.29, 0.717) is 22.1 Å². The van der Waals surface area contributed by atoms with E-state index in [1.165, 1.54) is 0 Å². The van der Waals surface area contributed by atoms with E-state index >= 15 is 0 Å². The van der Waals surface area contributed by atoms with Crippen molar-refractivity contribution in [1.82, 2.24) is 30.2 Å². The summed E-state index contributed by atoms with van der Waals surface area (Å²) >= 11 is 5.98. The van der Waals surface area contributed by atoms with E-state index in [1.54, 1.807) is 23.0 Å². The number of halogens is 1. The zero-order chi connectivity index (χ0) is 17.2. The van der Waals surface area contributed by atoms with Crippen molar-refractivity contribution in [1.29, 1.82) is 0 Å². The molecular weight excluding hydrogens is 338 g/mol. The van der Waals surface area contributed by atoms with Gasteiger partial charge in [-0.25, -0.2) is 9.97 Å². The molecule has 0 saturated heterocycles. The van der Waals surface area contributed by atoms with Crippen molar-refractivity contribution in [3.8, 4) is 28.3 Å². The van der Waals surface area contributed by atoms with Crippen molar-refractivity contribution in [2.75, 3.05) is 5.73 Å². The zero-order valence-electron chi connectivity index (χ0n) is 12.9. The fourth-order valence-electron chi connectivity index (χ4n) is 2.49. The van der Waals surface area contributed by atoms with Crippen LogP contribution in [0.15, 0.2) is 60.8 Å². The van der Waals surface area contributed by atoms with Crippen LogP contribution in [-0.2, 0) is 0 Å². The monoisotopic (exact) mass is 349 g/mol. The number of benzene rings is 2. The van der Waals surface area contributed by atoms with E-state index in [9.17, 15) is 0 Å². The van der Waals surface area contributed by atoms with Crippen LogP contribution in [0.25, 0.3) is 28.3 Å². The summed E-state index contributed by atoms with van der Waals surface area (Å²) < 4.78 is 1.63. The van der Waals surface area contributed by atoms with Crippen molar-refractivity contribution < 1.29 is 0 Å². The van der Waals surface area contributed by atoms with Gasteiger partial charge in [0, 0.05) is 16.8 Å². The summed E-state index contributed by atoms with van der Waals surface area (Å²) in [5.41, 5.74) is 8.78. The van der Waals surface area contributed by atoms with Crippen LogP contribution in [-0.4, -0.2) is 30.2 Å². The van der Waals surface area contributed by atoms with Crippen LogP contribution in [0.4, 0.5) is 5.95 Å². The SMILES string of the molecule is Nc1ncc(-c2nnnn2-c2ccccc2)c(-c2ccc(Cl)cc2)n1. The normalized spacial score (nSPS) is 10.8. The molecule has 0 unspecified atom stereocenters. The van der Waals surface area contributed by atoms with Crippen molar-refractivity contribution >= 4 is 17.5 Å². The highest BCUT2D eigenvalue weighted by Crippen LogP contribution is 2.30. The van der Waals surface area contributed by atoms with Crippen LogP contribution in [0.3, 0.4) is 0 Å². The molecule has 2 aromatic heterocycles. The van der Waals surface area contributed by atoms with Gasteiger partial charge in [-0.2, -0.15) is 4.68 Å². The number of nitrogens with two attached hydrogens (primary N) is 1. The third-order valence-electron chi connectivity index (χ3n) is 3.64. The Morgan fingerprint density at radius 3 is 2.48 bits per heavy atom. The second kappa shape index (κ2) is 6.29. The van der Waals surface area contributed by atoms with Crippen LogP contribution in [0, 0.1) is 0 Å². The van der Waals surface area contributed by atoms with Gasteiger partial charge in [-0.3, -0.25) is 0 Å². The van der Waals surface area contributed by atoms with Gasteiger partial charge >= 0.3 is 0 Å². The summed E-state index contributed by atoms with van der Waals surface area (Å²) in [4.78, 5) is 8.48. The fourth-order valence-corrected chi connectivity index (χ4v) is 2.61. The first-order valence-corrected chi connectivity index (χ1v) is 7.83. The maximum absolute atomic E-state index is 5.98. The van der Waals surface area contributed by atoms with Gasteiger partial charge in [0.1, 0.15) is 0 Å². The maximum Gasteiger partial charge on any atom is 0.220 e.